The molecule has 0 aromatic heterocycles. The molecule has 13 heteroatoms. The van der Waals surface area contributed by atoms with Gasteiger partial charge in [0.2, 0.25) is 5.91 Å². The van der Waals surface area contributed by atoms with Crippen molar-refractivity contribution in [3.05, 3.63) is 86.4 Å². The number of hydrogen-bond donors (Lipinski definition) is 1. The van der Waals surface area contributed by atoms with Gasteiger partial charge in [-0.15, -0.1) is 0 Å². The molecule has 0 bridgehead atoms. The van der Waals surface area contributed by atoms with Crippen LogP contribution in [0.4, 0.5) is 30.7 Å². The van der Waals surface area contributed by atoms with Crippen LogP contribution in [-0.2, 0) is 4.79 Å². The highest BCUT2D eigenvalue weighted by Crippen LogP contribution is 2.42. The van der Waals surface area contributed by atoms with Crippen molar-refractivity contribution in [1.82, 2.24) is 5.32 Å². The van der Waals surface area contributed by atoms with Crippen LogP contribution < -0.4 is 5.32 Å². The number of ketones is 1. The Morgan fingerprint density at radius 1 is 0.846 bits per heavy atom. The molecule has 0 heterocycles. The van der Waals surface area contributed by atoms with Gasteiger partial charge >= 0.3 is 12.4 Å². The minimum absolute atomic E-state index is 0.0226. The van der Waals surface area contributed by atoms with Crippen LogP contribution in [0.15, 0.2) is 54.6 Å². The first-order chi connectivity index (χ1) is 18.1. The van der Waals surface area contributed by atoms with Gasteiger partial charge in [0.15, 0.2) is 5.78 Å². The fourth-order valence-corrected chi connectivity index (χ4v) is 4.38. The number of alkyl halides is 6. The molecule has 3 aromatic carbocycles. The molecule has 0 aliphatic carbocycles. The number of hydrogen-bond acceptors (Lipinski definition) is 2. The number of rotatable bonds is 8. The molecule has 0 aliphatic rings. The molecule has 1 amide bonds. The van der Waals surface area contributed by atoms with E-state index < -0.39 is 60.7 Å². The molecule has 208 valence electrons. The lowest BCUT2D eigenvalue weighted by molar-refractivity contribution is -0.139. The van der Waals surface area contributed by atoms with Gasteiger partial charge in [0.25, 0.3) is 0 Å². The molecule has 3 nitrogen and oxygen atoms in total. The standard InChI is InChI=1S/C26H17Cl3F7NO2/c27-19-9-13(10-20(28)24(19)29)18(26(34,35)36)11-21(30)16-5-6-17(15-4-2-1-3-14(15)16)22(38)7-8-23(39)37-12-25(31,32)33/h1-6,9-11,18H,7-8,12H2,(H,37,39)/b21-11-. The first-order valence-corrected chi connectivity index (χ1v) is 12.2. The zero-order valence-corrected chi connectivity index (χ0v) is 21.8. The first-order valence-electron chi connectivity index (χ1n) is 11.1. The third kappa shape index (κ3) is 7.86. The SMILES string of the molecule is O=C(CCC(=O)c1ccc(/C(F)=C/C(c2cc(Cl)c(Cl)c(Cl)c2)C(F)(F)F)c2ccccc12)NCC(F)(F)F. The van der Waals surface area contributed by atoms with Gasteiger partial charge in [-0.05, 0) is 34.5 Å². The number of carbonyl (C=O) groups excluding carboxylic acids is 2. The highest BCUT2D eigenvalue weighted by molar-refractivity contribution is 6.48. The number of amides is 1. The van der Waals surface area contributed by atoms with Crippen LogP contribution >= 0.6 is 34.8 Å². The van der Waals surface area contributed by atoms with Crippen molar-refractivity contribution in [2.75, 3.05) is 6.54 Å². The second-order valence-electron chi connectivity index (χ2n) is 8.35. The second kappa shape index (κ2) is 12.1. The Hall–Kier alpha value is -2.82. The smallest absolute Gasteiger partial charge is 0.347 e. The highest BCUT2D eigenvalue weighted by atomic mass is 35.5. The zero-order valence-electron chi connectivity index (χ0n) is 19.5. The third-order valence-corrected chi connectivity index (χ3v) is 6.77. The van der Waals surface area contributed by atoms with Crippen molar-refractivity contribution in [2.24, 2.45) is 0 Å². The largest absolute Gasteiger partial charge is 0.405 e. The average molecular weight is 615 g/mol. The van der Waals surface area contributed by atoms with Crippen LogP contribution in [0.3, 0.4) is 0 Å². The van der Waals surface area contributed by atoms with E-state index in [9.17, 15) is 35.9 Å². The summed E-state index contributed by atoms with van der Waals surface area (Å²) in [5, 5.41) is 1.29. The summed E-state index contributed by atoms with van der Waals surface area (Å²) in [5.41, 5.74) is -0.670. The van der Waals surface area contributed by atoms with Crippen LogP contribution in [0.1, 0.15) is 40.2 Å². The topological polar surface area (TPSA) is 46.2 Å². The average Bonchev–Trinajstić information content (AvgIpc) is 2.85. The Labute approximate surface area is 232 Å². The predicted octanol–water partition coefficient (Wildman–Crippen LogP) is 9.10. The Morgan fingerprint density at radius 2 is 1.38 bits per heavy atom. The molecule has 0 saturated carbocycles. The Kier molecular flexibility index (Phi) is 9.56. The molecular formula is C26H17Cl3F7NO2. The summed E-state index contributed by atoms with van der Waals surface area (Å²) in [5.74, 6) is -5.31. The Morgan fingerprint density at radius 3 is 1.92 bits per heavy atom. The maximum absolute atomic E-state index is 15.4. The number of nitrogens with one attached hydrogen (secondary N) is 1. The van der Waals surface area contributed by atoms with Crippen LogP contribution in [-0.4, -0.2) is 30.6 Å². The Balaban J connectivity index is 1.95. The minimum atomic E-state index is -4.93. The summed E-state index contributed by atoms with van der Waals surface area (Å²) in [6.45, 7) is -1.55. The van der Waals surface area contributed by atoms with Crippen LogP contribution in [0.5, 0.6) is 0 Å². The monoisotopic (exact) mass is 613 g/mol. The van der Waals surface area contributed by atoms with E-state index in [1.54, 1.807) is 5.32 Å². The van der Waals surface area contributed by atoms with Gasteiger partial charge in [0.05, 0.1) is 15.1 Å². The maximum atomic E-state index is 15.4. The van der Waals surface area contributed by atoms with Crippen molar-refractivity contribution in [1.29, 1.82) is 0 Å². The lowest BCUT2D eigenvalue weighted by Gasteiger charge is -2.19. The molecule has 0 saturated heterocycles. The lowest BCUT2D eigenvalue weighted by atomic mass is 9.92. The zero-order chi connectivity index (χ0) is 29.1. The fraction of sp³-hybridized carbons (Fsp3) is 0.231. The van der Waals surface area contributed by atoms with Crippen LogP contribution in [0.25, 0.3) is 16.6 Å². The number of halogens is 10. The molecule has 3 aromatic rings. The maximum Gasteiger partial charge on any atom is 0.405 e. The van der Waals surface area contributed by atoms with E-state index in [4.69, 9.17) is 34.8 Å². The minimum Gasteiger partial charge on any atom is -0.347 e. The van der Waals surface area contributed by atoms with Gasteiger partial charge in [0.1, 0.15) is 18.3 Å². The normalized spacial score (nSPS) is 13.4. The van der Waals surface area contributed by atoms with Crippen LogP contribution in [0, 0.1) is 0 Å². The summed E-state index contributed by atoms with van der Waals surface area (Å²) in [6.07, 6.45) is -10.2. The summed E-state index contributed by atoms with van der Waals surface area (Å²) in [4.78, 5) is 24.4. The van der Waals surface area contributed by atoms with Gasteiger partial charge in [0, 0.05) is 24.0 Å². The molecular weight excluding hydrogens is 598 g/mol. The number of benzene rings is 3. The van der Waals surface area contributed by atoms with Gasteiger partial charge in [-0.1, -0.05) is 71.2 Å². The van der Waals surface area contributed by atoms with Gasteiger partial charge in [-0.2, -0.15) is 26.3 Å². The molecule has 0 spiro atoms. The molecule has 1 N–H and O–H groups in total. The van der Waals surface area contributed by atoms with Crippen LogP contribution in [0.2, 0.25) is 15.1 Å². The highest BCUT2D eigenvalue weighted by Gasteiger charge is 2.40. The number of carbonyl (C=O) groups is 2. The summed E-state index contributed by atoms with van der Waals surface area (Å²) in [6, 6.07) is 9.98. The Bertz CT molecular complexity index is 1410. The summed E-state index contributed by atoms with van der Waals surface area (Å²) in [7, 11) is 0. The molecule has 39 heavy (non-hydrogen) atoms. The fourth-order valence-electron chi connectivity index (χ4n) is 3.77. The van der Waals surface area contributed by atoms with E-state index in [0.717, 1.165) is 18.2 Å². The molecule has 0 fully saturated rings. The predicted molar refractivity (Wildman–Crippen MR) is 136 cm³/mol. The van der Waals surface area contributed by atoms with Crippen molar-refractivity contribution in [3.8, 4) is 0 Å². The molecule has 1 atom stereocenters. The molecule has 0 radical (unpaired) electrons. The van der Waals surface area contributed by atoms with Crippen molar-refractivity contribution in [3.63, 3.8) is 0 Å². The molecule has 0 aliphatic heterocycles. The number of allylic oxidation sites excluding steroid dienone is 1. The molecule has 3 rings (SSSR count). The quantitative estimate of drug-likeness (QED) is 0.156. The number of Topliss-reactive ketones (excluding diaryl/α,β-unsaturated/α-hetero) is 1. The van der Waals surface area contributed by atoms with E-state index in [0.29, 0.717) is 6.08 Å². The van der Waals surface area contributed by atoms with E-state index in [-0.39, 0.29) is 37.0 Å². The van der Waals surface area contributed by atoms with E-state index >= 15 is 4.39 Å². The van der Waals surface area contributed by atoms with E-state index in [2.05, 4.69) is 0 Å². The third-order valence-electron chi connectivity index (χ3n) is 5.58. The summed E-state index contributed by atoms with van der Waals surface area (Å²) < 4.78 is 94.0. The van der Waals surface area contributed by atoms with E-state index in [1.165, 1.54) is 30.3 Å². The van der Waals surface area contributed by atoms with Gasteiger partial charge in [-0.3, -0.25) is 9.59 Å². The first kappa shape index (κ1) is 30.7. The lowest BCUT2D eigenvalue weighted by Crippen LogP contribution is -2.33. The molecule has 1 unspecified atom stereocenters. The second-order valence-corrected chi connectivity index (χ2v) is 9.55. The van der Waals surface area contributed by atoms with Crippen molar-refractivity contribution >= 4 is 63.1 Å². The number of fused-ring (bicyclic) bond motifs is 1. The van der Waals surface area contributed by atoms with E-state index in [1.807, 2.05) is 0 Å². The van der Waals surface area contributed by atoms with Crippen molar-refractivity contribution in [2.45, 2.75) is 31.1 Å². The van der Waals surface area contributed by atoms with Gasteiger partial charge in [-0.25, -0.2) is 4.39 Å². The summed E-state index contributed by atoms with van der Waals surface area (Å²) >= 11 is 17.6. The van der Waals surface area contributed by atoms with Crippen molar-refractivity contribution < 1.29 is 40.3 Å². The van der Waals surface area contributed by atoms with Gasteiger partial charge < -0.3 is 5.32 Å².